The Morgan fingerprint density at radius 3 is 2.70 bits per heavy atom. The summed E-state index contributed by atoms with van der Waals surface area (Å²) in [7, 11) is 0. The van der Waals surface area contributed by atoms with Crippen LogP contribution in [0.1, 0.15) is 12.0 Å². The number of para-hydroxylation sites is 1. The van der Waals surface area contributed by atoms with Crippen LogP contribution in [-0.4, -0.2) is 29.4 Å². The second kappa shape index (κ2) is 9.55. The highest BCUT2D eigenvalue weighted by Crippen LogP contribution is 2.19. The van der Waals surface area contributed by atoms with Crippen LogP contribution in [0.4, 0.5) is 0 Å². The molecule has 5 nitrogen and oxygen atoms in total. The first kappa shape index (κ1) is 19.4. The number of nitrogens with one attached hydrogen (secondary N) is 1. The maximum atomic E-state index is 13.0. The van der Waals surface area contributed by atoms with Crippen molar-refractivity contribution in [3.05, 3.63) is 75.5 Å². The van der Waals surface area contributed by atoms with Gasteiger partial charge in [0, 0.05) is 23.7 Å². The molecule has 0 aliphatic carbocycles. The highest BCUT2D eigenvalue weighted by Gasteiger charge is 2.10. The summed E-state index contributed by atoms with van der Waals surface area (Å²) in [6.45, 7) is 2.05. The second-order valence-corrected chi connectivity index (χ2v) is 6.68. The third-order valence-corrected chi connectivity index (χ3v) is 4.52. The molecular formula is C21H23ClN2O3. The quantitative estimate of drug-likeness (QED) is 0.554. The first-order valence-electron chi connectivity index (χ1n) is 9.00. The topological polar surface area (TPSA) is 63.5 Å². The first-order chi connectivity index (χ1) is 13.2. The van der Waals surface area contributed by atoms with Crippen LogP contribution in [0.25, 0.3) is 10.9 Å². The van der Waals surface area contributed by atoms with Crippen LogP contribution in [0.2, 0.25) is 5.02 Å². The van der Waals surface area contributed by atoms with Gasteiger partial charge in [0.2, 0.25) is 0 Å². The molecular weight excluding hydrogens is 364 g/mol. The van der Waals surface area contributed by atoms with E-state index in [2.05, 4.69) is 5.32 Å². The van der Waals surface area contributed by atoms with E-state index in [1.807, 2.05) is 54.6 Å². The molecule has 0 fully saturated rings. The molecule has 2 aromatic carbocycles. The molecule has 3 aromatic rings. The van der Waals surface area contributed by atoms with Gasteiger partial charge in [0.05, 0.1) is 12.1 Å². The maximum absolute atomic E-state index is 13.0. The van der Waals surface area contributed by atoms with Crippen LogP contribution < -0.4 is 15.6 Å². The molecule has 27 heavy (non-hydrogen) atoms. The van der Waals surface area contributed by atoms with Crippen LogP contribution in [0.5, 0.6) is 5.75 Å². The van der Waals surface area contributed by atoms with Crippen molar-refractivity contribution in [3.63, 3.8) is 0 Å². The zero-order valence-corrected chi connectivity index (χ0v) is 15.8. The monoisotopic (exact) mass is 386 g/mol. The van der Waals surface area contributed by atoms with Gasteiger partial charge in [-0.05, 0) is 48.7 Å². The van der Waals surface area contributed by atoms with Gasteiger partial charge in [-0.15, -0.1) is 0 Å². The zero-order chi connectivity index (χ0) is 19.1. The van der Waals surface area contributed by atoms with E-state index < -0.39 is 0 Å². The molecule has 0 unspecified atom stereocenters. The lowest BCUT2D eigenvalue weighted by molar-refractivity contribution is 0.286. The Morgan fingerprint density at radius 2 is 1.93 bits per heavy atom. The molecule has 0 atom stereocenters. The fourth-order valence-corrected chi connectivity index (χ4v) is 3.12. The van der Waals surface area contributed by atoms with E-state index in [0.717, 1.165) is 16.7 Å². The van der Waals surface area contributed by atoms with Gasteiger partial charge in [0.1, 0.15) is 12.4 Å². The number of hydrogen-bond acceptors (Lipinski definition) is 4. The summed E-state index contributed by atoms with van der Waals surface area (Å²) < 4.78 is 7.48. The lowest BCUT2D eigenvalue weighted by Gasteiger charge is -2.14. The van der Waals surface area contributed by atoms with Gasteiger partial charge in [-0.2, -0.15) is 0 Å². The average molecular weight is 387 g/mol. The number of fused-ring (bicyclic) bond motifs is 1. The molecule has 1 aromatic heterocycles. The Hall–Kier alpha value is -2.34. The number of aromatic nitrogens is 1. The molecule has 6 heteroatoms. The van der Waals surface area contributed by atoms with Crippen molar-refractivity contribution >= 4 is 22.5 Å². The van der Waals surface area contributed by atoms with E-state index in [4.69, 9.17) is 21.4 Å². The zero-order valence-electron chi connectivity index (χ0n) is 15.0. The van der Waals surface area contributed by atoms with Crippen molar-refractivity contribution in [3.8, 4) is 5.75 Å². The van der Waals surface area contributed by atoms with Crippen LogP contribution >= 0.6 is 11.6 Å². The van der Waals surface area contributed by atoms with E-state index in [1.54, 1.807) is 4.57 Å². The number of aliphatic hydroxyl groups is 1. The van der Waals surface area contributed by atoms with E-state index >= 15 is 0 Å². The van der Waals surface area contributed by atoms with E-state index in [9.17, 15) is 4.79 Å². The van der Waals surface area contributed by atoms with Gasteiger partial charge in [-0.25, -0.2) is 0 Å². The molecule has 0 bridgehead atoms. The largest absolute Gasteiger partial charge is 0.492 e. The Balaban J connectivity index is 1.84. The molecule has 0 radical (unpaired) electrons. The van der Waals surface area contributed by atoms with Crippen molar-refractivity contribution in [1.82, 2.24) is 9.88 Å². The van der Waals surface area contributed by atoms with E-state index in [0.29, 0.717) is 43.2 Å². The Kier molecular flexibility index (Phi) is 6.87. The molecule has 3 rings (SSSR count). The minimum absolute atomic E-state index is 0.0575. The van der Waals surface area contributed by atoms with Crippen LogP contribution in [0.15, 0.2) is 59.4 Å². The van der Waals surface area contributed by atoms with Crippen molar-refractivity contribution in [2.24, 2.45) is 0 Å². The summed E-state index contributed by atoms with van der Waals surface area (Å²) in [6.07, 6.45) is 0.655. The predicted molar refractivity (Wildman–Crippen MR) is 109 cm³/mol. The third-order valence-electron chi connectivity index (χ3n) is 4.29. The van der Waals surface area contributed by atoms with Crippen LogP contribution in [-0.2, 0) is 13.1 Å². The summed E-state index contributed by atoms with van der Waals surface area (Å²) in [5.41, 5.74) is 1.42. The number of halogens is 1. The maximum Gasteiger partial charge on any atom is 0.255 e. The highest BCUT2D eigenvalue weighted by molar-refractivity contribution is 6.31. The Labute approximate surface area is 163 Å². The lowest BCUT2D eigenvalue weighted by Crippen LogP contribution is -2.29. The van der Waals surface area contributed by atoms with Gasteiger partial charge >= 0.3 is 0 Å². The molecule has 1 heterocycles. The number of rotatable bonds is 9. The number of benzene rings is 2. The summed E-state index contributed by atoms with van der Waals surface area (Å²) in [4.78, 5) is 13.0. The van der Waals surface area contributed by atoms with Crippen molar-refractivity contribution in [1.29, 1.82) is 0 Å². The molecule has 0 spiro atoms. The first-order valence-corrected chi connectivity index (χ1v) is 9.38. The molecule has 0 aliphatic heterocycles. The molecule has 0 amide bonds. The van der Waals surface area contributed by atoms with Crippen LogP contribution in [0.3, 0.4) is 0 Å². The molecule has 0 saturated carbocycles. The standard InChI is InChI=1S/C21H23ClN2O3/c22-18-8-7-16-13-17(15-23-9-4-11-25)21(26)24(20(16)14-18)10-12-27-19-5-2-1-3-6-19/h1-3,5-8,13-14,23,25H,4,9-12,15H2. The third kappa shape index (κ3) is 5.10. The lowest BCUT2D eigenvalue weighted by atomic mass is 10.1. The predicted octanol–water partition coefficient (Wildman–Crippen LogP) is 3.21. The van der Waals surface area contributed by atoms with Crippen molar-refractivity contribution in [2.75, 3.05) is 19.8 Å². The summed E-state index contributed by atoms with van der Waals surface area (Å²) in [6, 6.07) is 17.0. The average Bonchev–Trinajstić information content (AvgIpc) is 2.68. The van der Waals surface area contributed by atoms with Gasteiger partial charge < -0.3 is 19.7 Å². The summed E-state index contributed by atoms with van der Waals surface area (Å²) >= 11 is 6.15. The van der Waals surface area contributed by atoms with Gasteiger partial charge in [0.15, 0.2) is 0 Å². The highest BCUT2D eigenvalue weighted by atomic mass is 35.5. The van der Waals surface area contributed by atoms with Gasteiger partial charge in [-0.3, -0.25) is 4.79 Å². The second-order valence-electron chi connectivity index (χ2n) is 6.24. The SMILES string of the molecule is O=c1c(CNCCCO)cc2ccc(Cl)cc2n1CCOc1ccccc1. The molecule has 0 saturated heterocycles. The van der Waals surface area contributed by atoms with E-state index in [-0.39, 0.29) is 12.2 Å². The normalized spacial score (nSPS) is 11.0. The van der Waals surface area contributed by atoms with Crippen LogP contribution in [0, 0.1) is 0 Å². The number of nitrogens with zero attached hydrogens (tertiary/aromatic N) is 1. The minimum Gasteiger partial charge on any atom is -0.492 e. The molecule has 142 valence electrons. The van der Waals surface area contributed by atoms with Gasteiger partial charge in [-0.1, -0.05) is 35.9 Å². The molecule has 2 N–H and O–H groups in total. The fourth-order valence-electron chi connectivity index (χ4n) is 2.95. The van der Waals surface area contributed by atoms with Crippen molar-refractivity contribution < 1.29 is 9.84 Å². The van der Waals surface area contributed by atoms with E-state index in [1.165, 1.54) is 0 Å². The smallest absolute Gasteiger partial charge is 0.255 e. The number of aliphatic hydroxyl groups excluding tert-OH is 1. The van der Waals surface area contributed by atoms with Gasteiger partial charge in [0.25, 0.3) is 5.56 Å². The Bertz CT molecular complexity index is 941. The minimum atomic E-state index is -0.0575. The number of pyridine rings is 1. The fraction of sp³-hybridized carbons (Fsp3) is 0.286. The number of hydrogen-bond donors (Lipinski definition) is 2. The molecule has 0 aliphatic rings. The Morgan fingerprint density at radius 1 is 1.11 bits per heavy atom. The summed E-state index contributed by atoms with van der Waals surface area (Å²) in [5.74, 6) is 0.773. The van der Waals surface area contributed by atoms with Crippen molar-refractivity contribution in [2.45, 2.75) is 19.5 Å². The number of ether oxygens (including phenoxy) is 1. The summed E-state index contributed by atoms with van der Waals surface area (Å²) in [5, 5.41) is 13.6.